The van der Waals surface area contributed by atoms with E-state index in [0.29, 0.717) is 5.76 Å². The molecular formula is C18H14O2. The Morgan fingerprint density at radius 2 is 2.00 bits per heavy atom. The smallest absolute Gasteiger partial charge is 0.205 e. The first-order valence-corrected chi connectivity index (χ1v) is 6.85. The molecular weight excluding hydrogens is 248 g/mol. The summed E-state index contributed by atoms with van der Waals surface area (Å²) in [5.41, 5.74) is 4.31. The predicted molar refractivity (Wildman–Crippen MR) is 78.2 cm³/mol. The van der Waals surface area contributed by atoms with Crippen molar-refractivity contribution in [2.45, 2.75) is 19.3 Å². The summed E-state index contributed by atoms with van der Waals surface area (Å²) in [5, 5.41) is 1.00. The van der Waals surface area contributed by atoms with Crippen LogP contribution in [-0.4, -0.2) is 5.78 Å². The summed E-state index contributed by atoms with van der Waals surface area (Å²) in [7, 11) is 0. The third-order valence-corrected chi connectivity index (χ3v) is 4.15. The molecule has 0 amide bonds. The standard InChI is InChI=1S/C18H14O2/c1-11-5-4-7-13-10-16(20-18(11)13)17(19)15-9-12-6-2-3-8-14(12)15/h2-8,10,15H,9H2,1H3. The third-order valence-electron chi connectivity index (χ3n) is 4.15. The Morgan fingerprint density at radius 3 is 2.80 bits per heavy atom. The third kappa shape index (κ3) is 1.54. The number of hydrogen-bond acceptors (Lipinski definition) is 2. The van der Waals surface area contributed by atoms with Crippen molar-refractivity contribution < 1.29 is 9.21 Å². The normalized spacial score (nSPS) is 16.8. The second-order valence-corrected chi connectivity index (χ2v) is 5.42. The number of Topliss-reactive ketones (excluding diaryl/α,β-unsaturated/α-hetero) is 1. The highest BCUT2D eigenvalue weighted by atomic mass is 16.3. The van der Waals surface area contributed by atoms with Gasteiger partial charge < -0.3 is 4.42 Å². The van der Waals surface area contributed by atoms with E-state index in [-0.39, 0.29) is 11.7 Å². The van der Waals surface area contributed by atoms with Crippen molar-refractivity contribution in [2.24, 2.45) is 0 Å². The second-order valence-electron chi connectivity index (χ2n) is 5.42. The zero-order valence-electron chi connectivity index (χ0n) is 11.2. The van der Waals surface area contributed by atoms with Gasteiger partial charge in [0.15, 0.2) is 5.76 Å². The fourth-order valence-corrected chi connectivity index (χ4v) is 2.99. The molecule has 1 aliphatic rings. The van der Waals surface area contributed by atoms with Crippen LogP contribution < -0.4 is 0 Å². The van der Waals surface area contributed by atoms with Gasteiger partial charge in [-0.1, -0.05) is 42.5 Å². The van der Waals surface area contributed by atoms with Gasteiger partial charge in [-0.25, -0.2) is 0 Å². The van der Waals surface area contributed by atoms with E-state index in [2.05, 4.69) is 6.07 Å². The van der Waals surface area contributed by atoms with E-state index in [1.54, 1.807) is 0 Å². The molecule has 2 heteroatoms. The summed E-state index contributed by atoms with van der Waals surface area (Å²) in [6.07, 6.45) is 0.824. The summed E-state index contributed by atoms with van der Waals surface area (Å²) in [5.74, 6) is 0.542. The van der Waals surface area contributed by atoms with Crippen LogP contribution in [0.2, 0.25) is 0 Å². The van der Waals surface area contributed by atoms with Crippen molar-refractivity contribution in [3.8, 4) is 0 Å². The number of carbonyl (C=O) groups is 1. The van der Waals surface area contributed by atoms with Gasteiger partial charge in [0, 0.05) is 5.39 Å². The van der Waals surface area contributed by atoms with Gasteiger partial charge in [0.25, 0.3) is 0 Å². The quantitative estimate of drug-likeness (QED) is 0.646. The van der Waals surface area contributed by atoms with Gasteiger partial charge in [-0.05, 0) is 36.1 Å². The number of benzene rings is 2. The molecule has 2 aromatic carbocycles. The molecule has 0 spiro atoms. The minimum absolute atomic E-state index is 0.0351. The molecule has 4 rings (SSSR count). The number of para-hydroxylation sites is 1. The lowest BCUT2D eigenvalue weighted by Gasteiger charge is -2.27. The van der Waals surface area contributed by atoms with Crippen molar-refractivity contribution in [3.05, 3.63) is 71.0 Å². The monoisotopic (exact) mass is 262 g/mol. The van der Waals surface area contributed by atoms with Crippen LogP contribution in [0.5, 0.6) is 0 Å². The summed E-state index contributed by atoms with van der Waals surface area (Å²) in [6.45, 7) is 2.00. The van der Waals surface area contributed by atoms with E-state index in [1.165, 1.54) is 5.56 Å². The van der Waals surface area contributed by atoms with Crippen molar-refractivity contribution in [1.82, 2.24) is 0 Å². The van der Waals surface area contributed by atoms with Crippen LogP contribution >= 0.6 is 0 Å². The van der Waals surface area contributed by atoms with Gasteiger partial charge in [-0.2, -0.15) is 0 Å². The minimum atomic E-state index is -0.0351. The number of fused-ring (bicyclic) bond motifs is 2. The molecule has 1 heterocycles. The van der Waals surface area contributed by atoms with Crippen molar-refractivity contribution in [2.75, 3.05) is 0 Å². The highest BCUT2D eigenvalue weighted by Crippen LogP contribution is 2.38. The van der Waals surface area contributed by atoms with E-state index in [1.807, 2.05) is 49.4 Å². The fraction of sp³-hybridized carbons (Fsp3) is 0.167. The lowest BCUT2D eigenvalue weighted by Crippen LogP contribution is -2.24. The Kier molecular flexibility index (Phi) is 2.34. The second kappa shape index (κ2) is 4.07. The zero-order chi connectivity index (χ0) is 13.7. The van der Waals surface area contributed by atoms with Crippen LogP contribution in [0.3, 0.4) is 0 Å². The number of ketones is 1. The summed E-state index contributed by atoms with van der Waals surface area (Å²) in [4.78, 5) is 12.6. The van der Waals surface area contributed by atoms with Gasteiger partial charge in [-0.15, -0.1) is 0 Å². The van der Waals surface area contributed by atoms with Crippen molar-refractivity contribution in [1.29, 1.82) is 0 Å². The Morgan fingerprint density at radius 1 is 1.15 bits per heavy atom. The first-order valence-electron chi connectivity index (χ1n) is 6.85. The maximum atomic E-state index is 12.6. The summed E-state index contributed by atoms with van der Waals surface area (Å²) in [6, 6.07) is 16.0. The topological polar surface area (TPSA) is 30.2 Å². The number of carbonyl (C=O) groups excluding carboxylic acids is 1. The molecule has 0 radical (unpaired) electrons. The van der Waals surface area contributed by atoms with Gasteiger partial charge in [0.2, 0.25) is 5.78 Å². The van der Waals surface area contributed by atoms with Crippen molar-refractivity contribution >= 4 is 16.8 Å². The Balaban J connectivity index is 1.74. The van der Waals surface area contributed by atoms with Crippen LogP contribution in [-0.2, 0) is 6.42 Å². The molecule has 3 aromatic rings. The fourth-order valence-electron chi connectivity index (χ4n) is 2.99. The maximum Gasteiger partial charge on any atom is 0.205 e. The van der Waals surface area contributed by atoms with E-state index < -0.39 is 0 Å². The molecule has 0 bridgehead atoms. The van der Waals surface area contributed by atoms with E-state index in [4.69, 9.17) is 4.42 Å². The Bertz CT molecular complexity index is 826. The Hall–Kier alpha value is -2.35. The van der Waals surface area contributed by atoms with Crippen LogP contribution in [0, 0.1) is 6.92 Å². The molecule has 1 atom stereocenters. The number of rotatable bonds is 2. The van der Waals surface area contributed by atoms with Crippen LogP contribution in [0.1, 0.15) is 33.2 Å². The molecule has 2 nitrogen and oxygen atoms in total. The number of aryl methyl sites for hydroxylation is 1. The average Bonchev–Trinajstić information content (AvgIpc) is 2.85. The summed E-state index contributed by atoms with van der Waals surface area (Å²) < 4.78 is 5.78. The molecule has 1 aliphatic carbocycles. The van der Waals surface area contributed by atoms with Gasteiger partial charge in [0.1, 0.15) is 5.58 Å². The SMILES string of the molecule is Cc1cccc2cc(C(=O)C3Cc4ccccc43)oc12. The van der Waals surface area contributed by atoms with Crippen molar-refractivity contribution in [3.63, 3.8) is 0 Å². The highest BCUT2D eigenvalue weighted by molar-refractivity contribution is 6.03. The van der Waals surface area contributed by atoms with Gasteiger partial charge in [-0.3, -0.25) is 4.79 Å². The molecule has 0 aliphatic heterocycles. The number of hydrogen-bond donors (Lipinski definition) is 0. The lowest BCUT2D eigenvalue weighted by molar-refractivity contribution is 0.0923. The Labute approximate surface area is 117 Å². The van der Waals surface area contributed by atoms with E-state index >= 15 is 0 Å². The lowest BCUT2D eigenvalue weighted by atomic mass is 9.75. The molecule has 1 aromatic heterocycles. The minimum Gasteiger partial charge on any atom is -0.453 e. The van der Waals surface area contributed by atoms with E-state index in [9.17, 15) is 4.79 Å². The molecule has 0 N–H and O–H groups in total. The first-order chi connectivity index (χ1) is 9.74. The molecule has 0 saturated carbocycles. The van der Waals surface area contributed by atoms with Gasteiger partial charge >= 0.3 is 0 Å². The van der Waals surface area contributed by atoms with Gasteiger partial charge in [0.05, 0.1) is 5.92 Å². The first kappa shape index (κ1) is 11.5. The van der Waals surface area contributed by atoms with Crippen LogP contribution in [0.25, 0.3) is 11.0 Å². The van der Waals surface area contributed by atoms with E-state index in [0.717, 1.165) is 28.5 Å². The summed E-state index contributed by atoms with van der Waals surface area (Å²) >= 11 is 0. The zero-order valence-corrected chi connectivity index (χ0v) is 11.2. The van der Waals surface area contributed by atoms with Crippen LogP contribution in [0.4, 0.5) is 0 Å². The average molecular weight is 262 g/mol. The maximum absolute atomic E-state index is 12.6. The molecule has 20 heavy (non-hydrogen) atoms. The largest absolute Gasteiger partial charge is 0.453 e. The van der Waals surface area contributed by atoms with Crippen LogP contribution in [0.15, 0.2) is 52.9 Å². The highest BCUT2D eigenvalue weighted by Gasteiger charge is 2.33. The molecule has 98 valence electrons. The molecule has 1 unspecified atom stereocenters. The predicted octanol–water partition coefficient (Wildman–Crippen LogP) is 4.26. The number of furan rings is 1. The molecule has 0 saturated heterocycles. The molecule has 0 fully saturated rings.